The van der Waals surface area contributed by atoms with E-state index in [1.165, 1.54) is 11.1 Å². The number of carbonyl (C=O) groups is 1. The summed E-state index contributed by atoms with van der Waals surface area (Å²) in [6.45, 7) is 4.13. The lowest BCUT2D eigenvalue weighted by Crippen LogP contribution is -1.96. The van der Waals surface area contributed by atoms with E-state index < -0.39 is 5.97 Å². The predicted molar refractivity (Wildman–Crippen MR) is 90.2 cm³/mol. The van der Waals surface area contributed by atoms with Gasteiger partial charge < -0.3 is 5.11 Å². The first-order valence-electron chi connectivity index (χ1n) is 7.37. The molecule has 0 spiro atoms. The molecule has 1 aliphatic rings. The lowest BCUT2D eigenvalue weighted by molar-refractivity contribution is -0.135. The van der Waals surface area contributed by atoms with Gasteiger partial charge >= 0.3 is 5.97 Å². The van der Waals surface area contributed by atoms with E-state index >= 15 is 0 Å². The highest BCUT2D eigenvalue weighted by molar-refractivity contribution is 6.10. The van der Waals surface area contributed by atoms with E-state index in [9.17, 15) is 9.90 Å². The zero-order valence-corrected chi connectivity index (χ0v) is 12.8. The highest BCUT2D eigenvalue weighted by atomic mass is 16.4. The molecule has 1 N–H and O–H groups in total. The van der Waals surface area contributed by atoms with E-state index in [0.717, 1.165) is 27.8 Å². The molecule has 3 rings (SSSR count). The summed E-state index contributed by atoms with van der Waals surface area (Å²) >= 11 is 0. The second-order valence-corrected chi connectivity index (χ2v) is 5.59. The number of carboxylic acid groups (broad SMARTS) is 1. The van der Waals surface area contributed by atoms with E-state index in [1.807, 2.05) is 43.3 Å². The third kappa shape index (κ3) is 2.37. The monoisotopic (exact) mass is 290 g/mol. The van der Waals surface area contributed by atoms with Crippen LogP contribution in [0.2, 0.25) is 0 Å². The molecule has 0 atom stereocenters. The molecule has 2 nitrogen and oxygen atoms in total. The lowest BCUT2D eigenvalue weighted by atomic mass is 9.94. The molecule has 0 bridgehead atoms. The standard InChI is InChI=1S/C20H18O2/c1-13(15-8-4-3-5-9-15)20-14(2)18(12-19(21)22)16-10-6-7-11-17(16)20/h3-11H,12H2,1-2H3,(H,21,22)/b20-13-. The Labute approximate surface area is 130 Å². The number of rotatable bonds is 3. The molecule has 0 saturated heterocycles. The Morgan fingerprint density at radius 1 is 0.955 bits per heavy atom. The molecule has 0 amide bonds. The molecule has 0 saturated carbocycles. The van der Waals surface area contributed by atoms with Gasteiger partial charge in [-0.05, 0) is 52.8 Å². The van der Waals surface area contributed by atoms with Crippen LogP contribution in [-0.2, 0) is 4.79 Å². The Morgan fingerprint density at radius 2 is 1.55 bits per heavy atom. The topological polar surface area (TPSA) is 37.3 Å². The minimum absolute atomic E-state index is 0.0639. The molecule has 22 heavy (non-hydrogen) atoms. The van der Waals surface area contributed by atoms with Crippen molar-refractivity contribution in [1.82, 2.24) is 0 Å². The summed E-state index contributed by atoms with van der Waals surface area (Å²) in [4.78, 5) is 11.2. The number of benzene rings is 2. The van der Waals surface area contributed by atoms with Crippen LogP contribution in [0.4, 0.5) is 0 Å². The van der Waals surface area contributed by atoms with Crippen molar-refractivity contribution in [3.05, 3.63) is 76.9 Å². The van der Waals surface area contributed by atoms with E-state index in [4.69, 9.17) is 0 Å². The van der Waals surface area contributed by atoms with Crippen molar-refractivity contribution in [2.45, 2.75) is 20.3 Å². The molecule has 0 unspecified atom stereocenters. The fraction of sp³-hybridized carbons (Fsp3) is 0.150. The van der Waals surface area contributed by atoms with Crippen LogP contribution in [-0.4, -0.2) is 11.1 Å². The molecule has 2 aromatic rings. The summed E-state index contributed by atoms with van der Waals surface area (Å²) in [5.74, 6) is -0.789. The number of hydrogen-bond acceptors (Lipinski definition) is 1. The number of fused-ring (bicyclic) bond motifs is 1. The Kier molecular flexibility index (Phi) is 3.68. The molecule has 2 aromatic carbocycles. The summed E-state index contributed by atoms with van der Waals surface area (Å²) in [7, 11) is 0. The zero-order chi connectivity index (χ0) is 15.7. The van der Waals surface area contributed by atoms with Gasteiger partial charge in [0.2, 0.25) is 0 Å². The van der Waals surface area contributed by atoms with Gasteiger partial charge in [0.1, 0.15) is 0 Å². The number of hydrogen-bond donors (Lipinski definition) is 1. The molecule has 1 aliphatic carbocycles. The van der Waals surface area contributed by atoms with Gasteiger partial charge in [-0.15, -0.1) is 0 Å². The van der Waals surface area contributed by atoms with Crippen LogP contribution < -0.4 is 0 Å². The third-order valence-electron chi connectivity index (χ3n) is 4.26. The van der Waals surface area contributed by atoms with Crippen LogP contribution in [0.25, 0.3) is 16.7 Å². The van der Waals surface area contributed by atoms with Gasteiger partial charge in [0.05, 0.1) is 6.42 Å². The van der Waals surface area contributed by atoms with Crippen LogP contribution in [0.3, 0.4) is 0 Å². The number of carboxylic acids is 1. The van der Waals surface area contributed by atoms with Gasteiger partial charge in [0, 0.05) is 0 Å². The summed E-state index contributed by atoms with van der Waals surface area (Å²) in [6, 6.07) is 18.3. The fourth-order valence-electron chi connectivity index (χ4n) is 3.21. The maximum atomic E-state index is 11.2. The van der Waals surface area contributed by atoms with E-state index in [2.05, 4.69) is 25.1 Å². The lowest BCUT2D eigenvalue weighted by Gasteiger charge is -2.10. The molecule has 0 radical (unpaired) electrons. The van der Waals surface area contributed by atoms with Crippen molar-refractivity contribution < 1.29 is 9.90 Å². The van der Waals surface area contributed by atoms with Crippen LogP contribution in [0.5, 0.6) is 0 Å². The van der Waals surface area contributed by atoms with E-state index in [0.29, 0.717) is 0 Å². The average molecular weight is 290 g/mol. The smallest absolute Gasteiger partial charge is 0.307 e. The third-order valence-corrected chi connectivity index (χ3v) is 4.26. The normalized spacial score (nSPS) is 15.7. The molecule has 0 fully saturated rings. The maximum Gasteiger partial charge on any atom is 0.307 e. The highest BCUT2D eigenvalue weighted by Gasteiger charge is 2.26. The first-order valence-corrected chi connectivity index (χ1v) is 7.37. The first kappa shape index (κ1) is 14.3. The van der Waals surface area contributed by atoms with Gasteiger partial charge in [0.15, 0.2) is 0 Å². The summed E-state index contributed by atoms with van der Waals surface area (Å²) in [6.07, 6.45) is 0.0639. The van der Waals surface area contributed by atoms with E-state index in [1.54, 1.807) is 0 Å². The van der Waals surface area contributed by atoms with Crippen molar-refractivity contribution in [3.8, 4) is 0 Å². The number of aliphatic carboxylic acids is 1. The maximum absolute atomic E-state index is 11.2. The summed E-state index contributed by atoms with van der Waals surface area (Å²) < 4.78 is 0. The molecule has 0 heterocycles. The highest BCUT2D eigenvalue weighted by Crippen LogP contribution is 2.45. The van der Waals surface area contributed by atoms with Crippen molar-refractivity contribution in [1.29, 1.82) is 0 Å². The van der Waals surface area contributed by atoms with Crippen molar-refractivity contribution in [2.75, 3.05) is 0 Å². The predicted octanol–water partition coefficient (Wildman–Crippen LogP) is 4.88. The van der Waals surface area contributed by atoms with Gasteiger partial charge in [-0.3, -0.25) is 4.79 Å². The SMILES string of the molecule is CC1=C(CC(=O)O)c2ccccc2/C1=C(/C)c1ccccc1. The Hall–Kier alpha value is -2.61. The molecule has 0 aromatic heterocycles. The van der Waals surface area contributed by atoms with Gasteiger partial charge in [0.25, 0.3) is 0 Å². The summed E-state index contributed by atoms with van der Waals surface area (Å²) in [5.41, 5.74) is 7.70. The Bertz CT molecular complexity index is 795. The van der Waals surface area contributed by atoms with Crippen molar-refractivity contribution in [2.24, 2.45) is 0 Å². The van der Waals surface area contributed by atoms with Gasteiger partial charge in [-0.2, -0.15) is 0 Å². The van der Waals surface area contributed by atoms with E-state index in [-0.39, 0.29) is 6.42 Å². The minimum atomic E-state index is -0.789. The Morgan fingerprint density at radius 3 is 2.18 bits per heavy atom. The van der Waals surface area contributed by atoms with Gasteiger partial charge in [-0.1, -0.05) is 54.6 Å². The summed E-state index contributed by atoms with van der Waals surface area (Å²) in [5, 5.41) is 9.21. The molecular formula is C20H18O2. The second-order valence-electron chi connectivity index (χ2n) is 5.59. The quantitative estimate of drug-likeness (QED) is 0.874. The largest absolute Gasteiger partial charge is 0.481 e. The minimum Gasteiger partial charge on any atom is -0.481 e. The molecule has 0 aliphatic heterocycles. The van der Waals surface area contributed by atoms with Crippen LogP contribution >= 0.6 is 0 Å². The van der Waals surface area contributed by atoms with Gasteiger partial charge in [-0.25, -0.2) is 0 Å². The molecule has 110 valence electrons. The average Bonchev–Trinajstić information content (AvgIpc) is 2.80. The van der Waals surface area contributed by atoms with Crippen molar-refractivity contribution in [3.63, 3.8) is 0 Å². The fourth-order valence-corrected chi connectivity index (χ4v) is 3.21. The second kappa shape index (κ2) is 5.64. The van der Waals surface area contributed by atoms with Crippen LogP contribution in [0, 0.1) is 0 Å². The van der Waals surface area contributed by atoms with Crippen LogP contribution in [0.1, 0.15) is 37.0 Å². The molecular weight excluding hydrogens is 272 g/mol. The number of allylic oxidation sites excluding steroid dienone is 3. The zero-order valence-electron chi connectivity index (χ0n) is 12.8. The van der Waals surface area contributed by atoms with Crippen molar-refractivity contribution >= 4 is 22.7 Å². The first-order chi connectivity index (χ1) is 10.6. The molecule has 2 heteroatoms. The Balaban J connectivity index is 2.24. The van der Waals surface area contributed by atoms with Crippen LogP contribution in [0.15, 0.2) is 60.2 Å².